The van der Waals surface area contributed by atoms with Crippen LogP contribution in [0.5, 0.6) is 0 Å². The average Bonchev–Trinajstić information content (AvgIpc) is 2.62. The third-order valence-corrected chi connectivity index (χ3v) is 4.41. The van der Waals surface area contributed by atoms with Crippen molar-refractivity contribution >= 4 is 11.6 Å². The highest BCUT2D eigenvalue weighted by Crippen LogP contribution is 2.34. The van der Waals surface area contributed by atoms with Crippen molar-refractivity contribution in [3.8, 4) is 0 Å². The Labute approximate surface area is 120 Å². The number of hydrogen-bond acceptors (Lipinski definition) is 0. The summed E-state index contributed by atoms with van der Waals surface area (Å²) in [5.41, 5.74) is 5.56. The molecule has 0 aliphatic heterocycles. The molecule has 2 aromatic rings. The topological polar surface area (TPSA) is 0 Å². The monoisotopic (exact) mass is 270 g/mol. The van der Waals surface area contributed by atoms with Crippen molar-refractivity contribution in [1.82, 2.24) is 0 Å². The Morgan fingerprint density at radius 3 is 2.63 bits per heavy atom. The molecule has 1 aliphatic rings. The second-order valence-corrected chi connectivity index (χ2v) is 5.94. The van der Waals surface area contributed by atoms with E-state index in [4.69, 9.17) is 11.6 Å². The van der Waals surface area contributed by atoms with Gasteiger partial charge in [-0.05, 0) is 47.9 Å². The van der Waals surface area contributed by atoms with Crippen LogP contribution in [0.1, 0.15) is 46.9 Å². The van der Waals surface area contributed by atoms with E-state index >= 15 is 0 Å². The first-order chi connectivity index (χ1) is 9.33. The number of fused-ring (bicyclic) bond motifs is 1. The van der Waals surface area contributed by atoms with Crippen LogP contribution < -0.4 is 0 Å². The van der Waals surface area contributed by atoms with Crippen LogP contribution in [-0.2, 0) is 12.8 Å². The molecule has 0 spiro atoms. The van der Waals surface area contributed by atoms with Gasteiger partial charge >= 0.3 is 0 Å². The van der Waals surface area contributed by atoms with Crippen LogP contribution in [0.4, 0.5) is 0 Å². The molecule has 0 bridgehead atoms. The van der Waals surface area contributed by atoms with Gasteiger partial charge < -0.3 is 0 Å². The number of hydrogen-bond donors (Lipinski definition) is 0. The van der Waals surface area contributed by atoms with E-state index in [1.807, 2.05) is 0 Å². The van der Waals surface area contributed by atoms with Crippen molar-refractivity contribution in [1.29, 1.82) is 0 Å². The van der Waals surface area contributed by atoms with Crippen molar-refractivity contribution in [2.24, 2.45) is 0 Å². The Hall–Kier alpha value is -1.27. The fourth-order valence-electron chi connectivity index (χ4n) is 2.90. The molecule has 0 heterocycles. The van der Waals surface area contributed by atoms with Crippen LogP contribution >= 0.6 is 11.6 Å². The van der Waals surface area contributed by atoms with Crippen LogP contribution in [0.3, 0.4) is 0 Å². The van der Waals surface area contributed by atoms with Gasteiger partial charge in [0.15, 0.2) is 0 Å². The predicted octanol–water partition coefficient (Wildman–Crippen LogP) is 5.28. The lowest BCUT2D eigenvalue weighted by atomic mass is 9.96. The Bertz CT molecular complexity index is 545. The van der Waals surface area contributed by atoms with Gasteiger partial charge in [-0.15, -0.1) is 11.6 Å². The number of rotatable bonds is 2. The number of benzene rings is 2. The molecule has 0 amide bonds. The maximum atomic E-state index is 6.53. The van der Waals surface area contributed by atoms with Crippen molar-refractivity contribution in [3.63, 3.8) is 0 Å². The highest BCUT2D eigenvalue weighted by molar-refractivity contribution is 6.20. The van der Waals surface area contributed by atoms with E-state index in [9.17, 15) is 0 Å². The van der Waals surface area contributed by atoms with E-state index in [2.05, 4.69) is 48.5 Å². The van der Waals surface area contributed by atoms with Gasteiger partial charge in [0.05, 0.1) is 5.38 Å². The lowest BCUT2D eigenvalue weighted by Crippen LogP contribution is -1.97. The van der Waals surface area contributed by atoms with Gasteiger partial charge in [-0.3, -0.25) is 0 Å². The molecule has 2 aromatic carbocycles. The Morgan fingerprint density at radius 2 is 1.79 bits per heavy atom. The average molecular weight is 271 g/mol. The molecule has 0 fully saturated rings. The molecule has 1 aliphatic carbocycles. The minimum absolute atomic E-state index is 0.202. The van der Waals surface area contributed by atoms with Crippen molar-refractivity contribution in [2.75, 3.05) is 0 Å². The van der Waals surface area contributed by atoms with Gasteiger partial charge in [-0.1, -0.05) is 55.0 Å². The van der Waals surface area contributed by atoms with Crippen molar-refractivity contribution < 1.29 is 0 Å². The summed E-state index contributed by atoms with van der Waals surface area (Å²) in [4.78, 5) is 0. The zero-order valence-electron chi connectivity index (χ0n) is 11.1. The molecule has 0 saturated heterocycles. The number of aryl methyl sites for hydroxylation is 1. The minimum atomic E-state index is 0.202. The first kappa shape index (κ1) is 12.7. The molecule has 0 N–H and O–H groups in total. The summed E-state index contributed by atoms with van der Waals surface area (Å²) in [6.45, 7) is 0. The smallest absolute Gasteiger partial charge is 0.0588 e. The standard InChI is InChI=1S/C18H19Cl/c19-18-9-5-4-8-16-11-10-15(13-17(16)18)12-14-6-2-1-3-7-14/h1-3,6-7,10-11,13,18H,4-5,8-9,12H2. The summed E-state index contributed by atoms with van der Waals surface area (Å²) in [5, 5.41) is 0.202. The summed E-state index contributed by atoms with van der Waals surface area (Å²) in [5.74, 6) is 0. The summed E-state index contributed by atoms with van der Waals surface area (Å²) < 4.78 is 0. The fourth-order valence-corrected chi connectivity index (χ4v) is 3.26. The molecular weight excluding hydrogens is 252 g/mol. The molecule has 19 heavy (non-hydrogen) atoms. The minimum Gasteiger partial charge on any atom is -0.118 e. The molecule has 1 heteroatoms. The second-order valence-electron chi connectivity index (χ2n) is 5.41. The summed E-state index contributed by atoms with van der Waals surface area (Å²) >= 11 is 6.53. The molecule has 1 atom stereocenters. The van der Waals surface area contributed by atoms with Gasteiger partial charge in [0.1, 0.15) is 0 Å². The van der Waals surface area contributed by atoms with E-state index in [1.54, 1.807) is 0 Å². The second kappa shape index (κ2) is 5.79. The summed E-state index contributed by atoms with van der Waals surface area (Å²) in [7, 11) is 0. The Balaban J connectivity index is 1.88. The quantitative estimate of drug-likeness (QED) is 0.514. The van der Waals surface area contributed by atoms with Crippen LogP contribution in [0.2, 0.25) is 0 Å². The molecule has 3 rings (SSSR count). The van der Waals surface area contributed by atoms with E-state index < -0.39 is 0 Å². The Kier molecular flexibility index (Phi) is 3.89. The van der Waals surface area contributed by atoms with E-state index in [0.29, 0.717) is 0 Å². The largest absolute Gasteiger partial charge is 0.118 e. The molecular formula is C18H19Cl. The Morgan fingerprint density at radius 1 is 0.947 bits per heavy atom. The lowest BCUT2D eigenvalue weighted by Gasteiger charge is -2.13. The third kappa shape index (κ3) is 3.01. The van der Waals surface area contributed by atoms with Crippen molar-refractivity contribution in [3.05, 3.63) is 70.8 Å². The zero-order valence-corrected chi connectivity index (χ0v) is 11.9. The maximum Gasteiger partial charge on any atom is 0.0588 e. The normalized spacial score (nSPS) is 18.7. The number of alkyl halides is 1. The van der Waals surface area contributed by atoms with Crippen LogP contribution in [0.15, 0.2) is 48.5 Å². The van der Waals surface area contributed by atoms with Crippen LogP contribution in [-0.4, -0.2) is 0 Å². The van der Waals surface area contributed by atoms with E-state index in [-0.39, 0.29) is 5.38 Å². The first-order valence-corrected chi connectivity index (χ1v) is 7.56. The van der Waals surface area contributed by atoms with Gasteiger partial charge in [-0.25, -0.2) is 0 Å². The van der Waals surface area contributed by atoms with Gasteiger partial charge in [0.25, 0.3) is 0 Å². The van der Waals surface area contributed by atoms with Gasteiger partial charge in [0.2, 0.25) is 0 Å². The fraction of sp³-hybridized carbons (Fsp3) is 0.333. The predicted molar refractivity (Wildman–Crippen MR) is 81.8 cm³/mol. The molecule has 1 unspecified atom stereocenters. The first-order valence-electron chi connectivity index (χ1n) is 7.12. The SMILES string of the molecule is ClC1CCCCc2ccc(Cc3ccccc3)cc21. The molecule has 0 saturated carbocycles. The summed E-state index contributed by atoms with van der Waals surface area (Å²) in [6.07, 6.45) is 5.82. The van der Waals surface area contributed by atoms with Crippen molar-refractivity contribution in [2.45, 2.75) is 37.5 Å². The molecule has 0 aromatic heterocycles. The third-order valence-electron chi connectivity index (χ3n) is 3.95. The van der Waals surface area contributed by atoms with Gasteiger partial charge in [0, 0.05) is 0 Å². The molecule has 0 nitrogen and oxygen atoms in total. The summed E-state index contributed by atoms with van der Waals surface area (Å²) in [6, 6.07) is 17.5. The van der Waals surface area contributed by atoms with Gasteiger partial charge in [-0.2, -0.15) is 0 Å². The molecule has 0 radical (unpaired) electrons. The zero-order chi connectivity index (χ0) is 13.1. The highest BCUT2D eigenvalue weighted by Gasteiger charge is 2.16. The number of halogens is 1. The van der Waals surface area contributed by atoms with Crippen LogP contribution in [0, 0.1) is 0 Å². The van der Waals surface area contributed by atoms with Crippen LogP contribution in [0.25, 0.3) is 0 Å². The van der Waals surface area contributed by atoms with E-state index in [0.717, 1.165) is 12.8 Å². The van der Waals surface area contributed by atoms with E-state index in [1.165, 1.54) is 41.5 Å². The maximum absolute atomic E-state index is 6.53. The lowest BCUT2D eigenvalue weighted by molar-refractivity contribution is 0.699. The highest BCUT2D eigenvalue weighted by atomic mass is 35.5. The molecule has 98 valence electrons.